The molecule has 1 heterocycles. The summed E-state index contributed by atoms with van der Waals surface area (Å²) in [4.78, 5) is 4.20. The molecule has 1 unspecified atom stereocenters. The molecule has 126 valence electrons. The lowest BCUT2D eigenvalue weighted by atomic mass is 10.1. The van der Waals surface area contributed by atoms with E-state index in [-0.39, 0.29) is 6.23 Å². The molecule has 1 atom stereocenters. The van der Waals surface area contributed by atoms with Crippen LogP contribution in [0.4, 0.5) is 11.6 Å². The summed E-state index contributed by atoms with van der Waals surface area (Å²) in [6, 6.07) is 13.4. The van der Waals surface area contributed by atoms with Gasteiger partial charge in [-0.25, -0.2) is 4.98 Å². The first-order valence-corrected chi connectivity index (χ1v) is 7.87. The average Bonchev–Trinajstić information content (AvgIpc) is 2.58. The molecule has 24 heavy (non-hydrogen) atoms. The van der Waals surface area contributed by atoms with E-state index in [1.165, 1.54) is 0 Å². The Kier molecular flexibility index (Phi) is 6.41. The third kappa shape index (κ3) is 4.86. The fourth-order valence-corrected chi connectivity index (χ4v) is 2.22. The zero-order chi connectivity index (χ0) is 17.4. The molecule has 0 fully saturated rings. The van der Waals surface area contributed by atoms with Crippen molar-refractivity contribution in [3.63, 3.8) is 0 Å². The lowest BCUT2D eigenvalue weighted by molar-refractivity contribution is 0.0476. The molecule has 2 rings (SSSR count). The van der Waals surface area contributed by atoms with Crippen molar-refractivity contribution in [1.82, 2.24) is 4.98 Å². The number of ether oxygens (including phenoxy) is 2. The van der Waals surface area contributed by atoms with E-state index in [4.69, 9.17) is 15.2 Å². The largest absolute Gasteiger partial charge is 0.491 e. The van der Waals surface area contributed by atoms with Crippen molar-refractivity contribution in [2.45, 2.75) is 26.5 Å². The van der Waals surface area contributed by atoms with Gasteiger partial charge in [-0.05, 0) is 37.1 Å². The molecule has 2 aromatic rings. The fourth-order valence-electron chi connectivity index (χ4n) is 2.22. The minimum absolute atomic E-state index is 0.273. The van der Waals surface area contributed by atoms with Gasteiger partial charge in [0.2, 0.25) is 0 Å². The van der Waals surface area contributed by atoms with Gasteiger partial charge in [-0.1, -0.05) is 25.1 Å². The van der Waals surface area contributed by atoms with Crippen molar-refractivity contribution >= 4 is 11.6 Å². The summed E-state index contributed by atoms with van der Waals surface area (Å²) in [6.07, 6.45) is 0.441. The number of benzene rings is 1. The summed E-state index contributed by atoms with van der Waals surface area (Å²) in [5.41, 5.74) is 7.03. The van der Waals surface area contributed by atoms with E-state index < -0.39 is 0 Å². The van der Waals surface area contributed by atoms with Crippen LogP contribution in [0.1, 0.15) is 24.5 Å². The second-order valence-electron chi connectivity index (χ2n) is 5.27. The van der Waals surface area contributed by atoms with Crippen LogP contribution in [0.3, 0.4) is 0 Å². The van der Waals surface area contributed by atoms with Gasteiger partial charge in [-0.2, -0.15) is 5.26 Å². The monoisotopic (exact) mass is 326 g/mol. The smallest absolute Gasteiger partial charge is 0.148 e. The predicted octanol–water partition coefficient (Wildman–Crippen LogP) is 3.09. The molecule has 3 N–H and O–H groups in total. The van der Waals surface area contributed by atoms with E-state index in [1.54, 1.807) is 6.07 Å². The molecule has 1 aromatic heterocycles. The predicted molar refractivity (Wildman–Crippen MR) is 93.7 cm³/mol. The zero-order valence-corrected chi connectivity index (χ0v) is 14.0. The van der Waals surface area contributed by atoms with Gasteiger partial charge in [0.15, 0.2) is 0 Å². The first-order chi connectivity index (χ1) is 11.6. The molecule has 0 radical (unpaired) electrons. The number of aryl methyl sites for hydroxylation is 1. The Labute approximate surface area is 142 Å². The highest BCUT2D eigenvalue weighted by atomic mass is 16.5. The van der Waals surface area contributed by atoms with Crippen molar-refractivity contribution < 1.29 is 9.47 Å². The van der Waals surface area contributed by atoms with Crippen LogP contribution in [0.25, 0.3) is 0 Å². The highest BCUT2D eigenvalue weighted by molar-refractivity contribution is 5.59. The van der Waals surface area contributed by atoms with E-state index >= 15 is 0 Å². The van der Waals surface area contributed by atoms with Crippen LogP contribution in [-0.4, -0.2) is 24.4 Å². The Bertz CT molecular complexity index is 698. The van der Waals surface area contributed by atoms with Crippen molar-refractivity contribution in [1.29, 1.82) is 5.26 Å². The summed E-state index contributed by atoms with van der Waals surface area (Å²) in [7, 11) is 0. The summed E-state index contributed by atoms with van der Waals surface area (Å²) in [5.74, 6) is 1.63. The quantitative estimate of drug-likeness (QED) is 0.572. The number of aromatic nitrogens is 1. The first kappa shape index (κ1) is 17.6. The molecule has 0 saturated heterocycles. The van der Waals surface area contributed by atoms with E-state index in [2.05, 4.69) is 16.4 Å². The molecule has 0 amide bonds. The summed E-state index contributed by atoms with van der Waals surface area (Å²) in [6.45, 7) is 4.68. The molecule has 0 aliphatic rings. The van der Waals surface area contributed by atoms with Crippen LogP contribution in [0.5, 0.6) is 5.75 Å². The fraction of sp³-hybridized carbons (Fsp3) is 0.333. The highest BCUT2D eigenvalue weighted by Gasteiger charge is 2.13. The number of rotatable bonds is 8. The Hall–Kier alpha value is -2.78. The van der Waals surface area contributed by atoms with Gasteiger partial charge in [0.05, 0.1) is 12.2 Å². The third-order valence-electron chi connectivity index (χ3n) is 3.43. The minimum Gasteiger partial charge on any atom is -0.491 e. The molecule has 0 bridgehead atoms. The van der Waals surface area contributed by atoms with Crippen molar-refractivity contribution in [2.75, 3.05) is 24.3 Å². The molecule has 0 aliphatic carbocycles. The van der Waals surface area contributed by atoms with Gasteiger partial charge < -0.3 is 20.5 Å². The highest BCUT2D eigenvalue weighted by Crippen LogP contribution is 2.20. The summed E-state index contributed by atoms with van der Waals surface area (Å²) in [5, 5.41) is 12.4. The molecule has 6 heteroatoms. The van der Waals surface area contributed by atoms with Crippen LogP contribution in [0.15, 0.2) is 36.4 Å². The number of hydrogen-bond donors (Lipinski definition) is 2. The maximum absolute atomic E-state index is 9.28. The van der Waals surface area contributed by atoms with Crippen LogP contribution < -0.4 is 15.8 Å². The van der Waals surface area contributed by atoms with Crippen LogP contribution >= 0.6 is 0 Å². The van der Waals surface area contributed by atoms with Crippen molar-refractivity contribution in [2.24, 2.45) is 0 Å². The average molecular weight is 326 g/mol. The molecular weight excluding hydrogens is 304 g/mol. The molecule has 0 spiro atoms. The van der Waals surface area contributed by atoms with Gasteiger partial charge >= 0.3 is 0 Å². The van der Waals surface area contributed by atoms with E-state index in [0.717, 1.165) is 11.3 Å². The molecule has 0 aliphatic heterocycles. The van der Waals surface area contributed by atoms with Crippen LogP contribution in [0, 0.1) is 18.3 Å². The SMILES string of the molecule is CCC(Nc1nc(N)cc(C)c1C#N)OCCOc1ccccc1. The van der Waals surface area contributed by atoms with Gasteiger partial charge in [0, 0.05) is 0 Å². The molecule has 1 aromatic carbocycles. The van der Waals surface area contributed by atoms with Gasteiger partial charge in [0.1, 0.15) is 36.3 Å². The zero-order valence-electron chi connectivity index (χ0n) is 14.0. The maximum Gasteiger partial charge on any atom is 0.148 e. The number of para-hydroxylation sites is 1. The Morgan fingerprint density at radius 2 is 2.04 bits per heavy atom. The van der Waals surface area contributed by atoms with Gasteiger partial charge in [-0.15, -0.1) is 0 Å². The second-order valence-corrected chi connectivity index (χ2v) is 5.27. The number of nitriles is 1. The Balaban J connectivity index is 1.90. The van der Waals surface area contributed by atoms with Gasteiger partial charge in [-0.3, -0.25) is 0 Å². The number of nitrogen functional groups attached to an aromatic ring is 1. The molecule has 6 nitrogen and oxygen atoms in total. The Morgan fingerprint density at radius 3 is 2.71 bits per heavy atom. The number of nitrogens with one attached hydrogen (secondary N) is 1. The third-order valence-corrected chi connectivity index (χ3v) is 3.43. The maximum atomic E-state index is 9.28. The first-order valence-electron chi connectivity index (χ1n) is 7.87. The van der Waals surface area contributed by atoms with E-state index in [9.17, 15) is 5.26 Å². The normalized spacial score (nSPS) is 11.5. The standard InChI is InChI=1S/C18H22N4O2/c1-3-17(24-10-9-23-14-7-5-4-6-8-14)22-18-15(12-19)13(2)11-16(20)21-18/h4-8,11,17H,3,9-10H2,1-2H3,(H3,20,21,22). The lowest BCUT2D eigenvalue weighted by Crippen LogP contribution is -2.26. The summed E-state index contributed by atoms with van der Waals surface area (Å²) < 4.78 is 11.4. The minimum atomic E-state index is -0.273. The van der Waals surface area contributed by atoms with Crippen molar-refractivity contribution in [3.8, 4) is 11.8 Å². The number of nitrogens with zero attached hydrogens (tertiary/aromatic N) is 2. The van der Waals surface area contributed by atoms with Crippen LogP contribution in [0.2, 0.25) is 0 Å². The van der Waals surface area contributed by atoms with E-state index in [0.29, 0.717) is 36.8 Å². The molecular formula is C18H22N4O2. The molecule has 0 saturated carbocycles. The van der Waals surface area contributed by atoms with E-state index in [1.807, 2.05) is 44.2 Å². The topological polar surface area (TPSA) is 93.2 Å². The second kappa shape index (κ2) is 8.75. The number of pyridine rings is 1. The lowest BCUT2D eigenvalue weighted by Gasteiger charge is -2.20. The number of anilines is 2. The summed E-state index contributed by atoms with van der Waals surface area (Å²) >= 11 is 0. The Morgan fingerprint density at radius 1 is 1.29 bits per heavy atom. The number of nitrogens with two attached hydrogens (primary N) is 1. The van der Waals surface area contributed by atoms with Crippen LogP contribution in [-0.2, 0) is 4.74 Å². The van der Waals surface area contributed by atoms with Gasteiger partial charge in [0.25, 0.3) is 0 Å². The van der Waals surface area contributed by atoms with Crippen molar-refractivity contribution in [3.05, 3.63) is 47.5 Å². The number of hydrogen-bond acceptors (Lipinski definition) is 6.